The molecule has 1 aromatic heterocycles. The first-order valence-electron chi connectivity index (χ1n) is 6.71. The van der Waals surface area contributed by atoms with Crippen LogP contribution in [0.4, 0.5) is 0 Å². The molecule has 0 aromatic carbocycles. The van der Waals surface area contributed by atoms with Crippen LogP contribution in [-0.4, -0.2) is 30.9 Å². The summed E-state index contributed by atoms with van der Waals surface area (Å²) >= 11 is 1.75. The van der Waals surface area contributed by atoms with Crippen LogP contribution in [0.2, 0.25) is 0 Å². The van der Waals surface area contributed by atoms with Crippen LogP contribution in [0.25, 0.3) is 0 Å². The number of aromatic amines is 1. The average Bonchev–Trinajstić information content (AvgIpc) is 2.47. The molecular formula is C13H20N2O3S2. The molecule has 0 spiro atoms. The fourth-order valence-electron chi connectivity index (χ4n) is 2.52. The molecule has 0 amide bonds. The molecule has 0 aliphatic heterocycles. The van der Waals surface area contributed by atoms with E-state index >= 15 is 0 Å². The van der Waals surface area contributed by atoms with Crippen molar-refractivity contribution in [1.29, 1.82) is 0 Å². The first-order chi connectivity index (χ1) is 9.47. The molecule has 7 heteroatoms. The second-order valence-corrected chi connectivity index (χ2v) is 8.20. The largest absolute Gasteiger partial charge is 0.328 e. The van der Waals surface area contributed by atoms with Gasteiger partial charge in [0, 0.05) is 23.6 Å². The Kier molecular flexibility index (Phi) is 4.93. The molecule has 1 aliphatic carbocycles. The molecule has 112 valence electrons. The third kappa shape index (κ3) is 3.65. The van der Waals surface area contributed by atoms with Crippen LogP contribution in [0.5, 0.6) is 0 Å². The van der Waals surface area contributed by atoms with Crippen LogP contribution in [0, 0.1) is 0 Å². The van der Waals surface area contributed by atoms with Crippen molar-refractivity contribution in [2.45, 2.75) is 41.7 Å². The van der Waals surface area contributed by atoms with Crippen molar-refractivity contribution in [3.63, 3.8) is 0 Å². The van der Waals surface area contributed by atoms with Gasteiger partial charge in [-0.25, -0.2) is 13.1 Å². The van der Waals surface area contributed by atoms with Gasteiger partial charge in [-0.2, -0.15) is 11.8 Å². The maximum atomic E-state index is 12.2. The molecule has 0 unspecified atom stereocenters. The molecular weight excluding hydrogens is 296 g/mol. The van der Waals surface area contributed by atoms with E-state index in [-0.39, 0.29) is 15.2 Å². The number of pyridine rings is 1. The van der Waals surface area contributed by atoms with Crippen molar-refractivity contribution in [3.05, 3.63) is 28.7 Å². The summed E-state index contributed by atoms with van der Waals surface area (Å²) in [6, 6.07) is 2.55. The zero-order chi connectivity index (χ0) is 14.6. The highest BCUT2D eigenvalue weighted by Crippen LogP contribution is 2.38. The second-order valence-electron chi connectivity index (χ2n) is 5.16. The van der Waals surface area contributed by atoms with Crippen molar-refractivity contribution >= 4 is 21.8 Å². The van der Waals surface area contributed by atoms with E-state index in [0.29, 0.717) is 6.54 Å². The quantitative estimate of drug-likeness (QED) is 0.867. The summed E-state index contributed by atoms with van der Waals surface area (Å²) in [4.78, 5) is 13.5. The van der Waals surface area contributed by atoms with Crippen LogP contribution >= 0.6 is 11.8 Å². The fourth-order valence-corrected chi connectivity index (χ4v) is 4.62. The number of hydrogen-bond donors (Lipinski definition) is 2. The van der Waals surface area contributed by atoms with Crippen LogP contribution in [0.1, 0.15) is 32.1 Å². The van der Waals surface area contributed by atoms with Crippen molar-refractivity contribution in [1.82, 2.24) is 9.71 Å². The zero-order valence-corrected chi connectivity index (χ0v) is 13.1. The number of rotatable bonds is 5. The Labute approximate surface area is 123 Å². The Balaban J connectivity index is 2.08. The summed E-state index contributed by atoms with van der Waals surface area (Å²) in [6.07, 6.45) is 8.90. The lowest BCUT2D eigenvalue weighted by molar-refractivity contribution is 0.395. The van der Waals surface area contributed by atoms with E-state index in [4.69, 9.17) is 0 Å². The van der Waals surface area contributed by atoms with Gasteiger partial charge in [0.2, 0.25) is 15.6 Å². The lowest BCUT2D eigenvalue weighted by atomic mass is 9.88. The fraction of sp³-hybridized carbons (Fsp3) is 0.615. The highest BCUT2D eigenvalue weighted by atomic mass is 32.2. The summed E-state index contributed by atoms with van der Waals surface area (Å²) in [6.45, 7) is 0.440. The minimum absolute atomic E-state index is 0.00745. The highest BCUT2D eigenvalue weighted by molar-refractivity contribution is 8.00. The third-order valence-electron chi connectivity index (χ3n) is 3.85. The number of hydrogen-bond acceptors (Lipinski definition) is 4. The van der Waals surface area contributed by atoms with Crippen molar-refractivity contribution in [2.24, 2.45) is 0 Å². The monoisotopic (exact) mass is 316 g/mol. The maximum Gasteiger partial charge on any atom is 0.247 e. The van der Waals surface area contributed by atoms with Gasteiger partial charge in [-0.05, 0) is 25.2 Å². The van der Waals surface area contributed by atoms with Gasteiger partial charge in [-0.15, -0.1) is 0 Å². The van der Waals surface area contributed by atoms with E-state index in [1.54, 1.807) is 11.8 Å². The smallest absolute Gasteiger partial charge is 0.247 e. The number of aromatic nitrogens is 1. The molecule has 0 saturated heterocycles. The summed E-state index contributed by atoms with van der Waals surface area (Å²) < 4.78 is 27.1. The molecule has 1 fully saturated rings. The van der Waals surface area contributed by atoms with Gasteiger partial charge in [0.25, 0.3) is 0 Å². The highest BCUT2D eigenvalue weighted by Gasteiger charge is 2.32. The number of sulfonamides is 1. The molecule has 5 nitrogen and oxygen atoms in total. The topological polar surface area (TPSA) is 79.0 Å². The van der Waals surface area contributed by atoms with Gasteiger partial charge in [0.1, 0.15) is 0 Å². The summed E-state index contributed by atoms with van der Waals surface area (Å²) in [5, 5.41) is 0. The van der Waals surface area contributed by atoms with Gasteiger partial charge >= 0.3 is 0 Å². The Morgan fingerprint density at radius 3 is 2.55 bits per heavy atom. The molecule has 0 bridgehead atoms. The molecule has 1 heterocycles. The average molecular weight is 316 g/mol. The van der Waals surface area contributed by atoms with Crippen LogP contribution in [-0.2, 0) is 10.0 Å². The van der Waals surface area contributed by atoms with Gasteiger partial charge in [0.15, 0.2) is 0 Å². The van der Waals surface area contributed by atoms with Crippen LogP contribution in [0.3, 0.4) is 0 Å². The summed E-state index contributed by atoms with van der Waals surface area (Å²) in [7, 11) is -3.56. The van der Waals surface area contributed by atoms with Crippen LogP contribution < -0.4 is 10.3 Å². The zero-order valence-electron chi connectivity index (χ0n) is 11.5. The number of H-pyrrole nitrogens is 1. The predicted molar refractivity (Wildman–Crippen MR) is 81.6 cm³/mol. The van der Waals surface area contributed by atoms with Gasteiger partial charge in [0.05, 0.1) is 4.90 Å². The van der Waals surface area contributed by atoms with Crippen molar-refractivity contribution < 1.29 is 8.42 Å². The molecule has 1 aromatic rings. The molecule has 0 radical (unpaired) electrons. The van der Waals surface area contributed by atoms with E-state index in [0.717, 1.165) is 25.7 Å². The molecule has 2 rings (SSSR count). The Bertz CT molecular complexity index is 584. The third-order valence-corrected chi connectivity index (χ3v) is 6.67. The van der Waals surface area contributed by atoms with E-state index in [9.17, 15) is 13.2 Å². The Morgan fingerprint density at radius 1 is 1.30 bits per heavy atom. The molecule has 1 saturated carbocycles. The normalized spacial score (nSPS) is 18.9. The first-order valence-corrected chi connectivity index (χ1v) is 9.42. The molecule has 20 heavy (non-hydrogen) atoms. The predicted octanol–water partition coefficient (Wildman–Crippen LogP) is 1.72. The van der Waals surface area contributed by atoms with E-state index in [1.165, 1.54) is 24.8 Å². The Hall–Kier alpha value is -0.790. The number of thioether (sulfide) groups is 1. The lowest BCUT2D eigenvalue weighted by Crippen LogP contribution is -2.41. The lowest BCUT2D eigenvalue weighted by Gasteiger charge is -2.35. The van der Waals surface area contributed by atoms with Gasteiger partial charge < -0.3 is 4.98 Å². The number of nitrogens with one attached hydrogen (secondary N) is 2. The van der Waals surface area contributed by atoms with Gasteiger partial charge in [-0.1, -0.05) is 19.3 Å². The van der Waals surface area contributed by atoms with E-state index in [2.05, 4.69) is 9.71 Å². The first kappa shape index (κ1) is 15.6. The minimum atomic E-state index is -3.56. The van der Waals surface area contributed by atoms with E-state index in [1.807, 2.05) is 6.26 Å². The standard InChI is InChI=1S/C13H20N2O3S2/c1-19-13(7-3-2-4-8-13)10-15-20(17,18)11-5-6-12(16)14-9-11/h5-6,9,15H,2-4,7-8,10H2,1H3,(H,14,16). The Morgan fingerprint density at radius 2 is 2.00 bits per heavy atom. The second kappa shape index (κ2) is 6.32. The van der Waals surface area contributed by atoms with Crippen molar-refractivity contribution in [2.75, 3.05) is 12.8 Å². The molecule has 1 aliphatic rings. The van der Waals surface area contributed by atoms with Crippen molar-refractivity contribution in [3.8, 4) is 0 Å². The summed E-state index contributed by atoms with van der Waals surface area (Å²) in [5.41, 5.74) is -0.309. The molecule has 0 atom stereocenters. The van der Waals surface area contributed by atoms with Gasteiger partial charge in [-0.3, -0.25) is 4.79 Å². The van der Waals surface area contributed by atoms with Crippen LogP contribution in [0.15, 0.2) is 28.0 Å². The molecule has 2 N–H and O–H groups in total. The SMILES string of the molecule is CSC1(CNS(=O)(=O)c2ccc(=O)[nH]c2)CCCCC1. The maximum absolute atomic E-state index is 12.2. The van der Waals surface area contributed by atoms with E-state index < -0.39 is 10.0 Å². The summed E-state index contributed by atoms with van der Waals surface area (Å²) in [5.74, 6) is 0. The minimum Gasteiger partial charge on any atom is -0.328 e.